The van der Waals surface area contributed by atoms with E-state index in [1.807, 2.05) is 0 Å². The number of rotatable bonds is 3. The van der Waals surface area contributed by atoms with Crippen LogP contribution in [0.3, 0.4) is 0 Å². The smallest absolute Gasteiger partial charge is 0.0648 e. The first-order valence-electron chi connectivity index (χ1n) is 5.63. The first kappa shape index (κ1) is 9.85. The normalized spacial score (nSPS) is 32.5. The molecule has 0 aromatic carbocycles. The highest BCUT2D eigenvalue weighted by molar-refractivity contribution is 8.00. The second-order valence-corrected chi connectivity index (χ2v) is 6.01. The Morgan fingerprint density at radius 3 is 2.62 bits per heavy atom. The molecule has 1 N–H and O–H groups in total. The van der Waals surface area contributed by atoms with Gasteiger partial charge < -0.3 is 5.11 Å². The molecule has 1 nitrogen and oxygen atoms in total. The Labute approximate surface area is 85.3 Å². The van der Waals surface area contributed by atoms with Gasteiger partial charge in [0.15, 0.2) is 0 Å². The van der Waals surface area contributed by atoms with Crippen LogP contribution in [0.4, 0.5) is 0 Å². The summed E-state index contributed by atoms with van der Waals surface area (Å²) in [5.41, 5.74) is -0.261. The van der Waals surface area contributed by atoms with Crippen LogP contribution in [0.5, 0.6) is 0 Å². The molecule has 1 heterocycles. The van der Waals surface area contributed by atoms with Gasteiger partial charge in [0.05, 0.1) is 5.60 Å². The Bertz CT molecular complexity index is 157. The van der Waals surface area contributed by atoms with E-state index in [0.717, 1.165) is 24.5 Å². The minimum absolute atomic E-state index is 0.261. The Morgan fingerprint density at radius 1 is 1.23 bits per heavy atom. The van der Waals surface area contributed by atoms with E-state index in [0.29, 0.717) is 0 Å². The van der Waals surface area contributed by atoms with Crippen molar-refractivity contribution in [1.29, 1.82) is 0 Å². The summed E-state index contributed by atoms with van der Waals surface area (Å²) in [5, 5.41) is 11.0. The van der Waals surface area contributed by atoms with Crippen LogP contribution >= 0.6 is 11.8 Å². The fraction of sp³-hybridized carbons (Fsp3) is 1.00. The summed E-state index contributed by atoms with van der Waals surface area (Å²) in [6.45, 7) is 0. The van der Waals surface area contributed by atoms with Crippen LogP contribution in [0.2, 0.25) is 0 Å². The molecule has 0 bridgehead atoms. The first-order valence-corrected chi connectivity index (χ1v) is 6.67. The average molecular weight is 200 g/mol. The molecular weight excluding hydrogens is 180 g/mol. The van der Waals surface area contributed by atoms with E-state index >= 15 is 0 Å². The third-order valence-corrected chi connectivity index (χ3v) is 4.96. The number of hydrogen-bond donors (Lipinski definition) is 1. The molecule has 2 aliphatic rings. The van der Waals surface area contributed by atoms with Crippen LogP contribution in [0, 0.1) is 0 Å². The molecular formula is C11H20OS. The molecule has 0 spiro atoms. The Balaban J connectivity index is 1.71. The first-order chi connectivity index (χ1) is 6.29. The molecule has 13 heavy (non-hydrogen) atoms. The molecule has 1 aliphatic heterocycles. The molecule has 1 atom stereocenters. The summed E-state index contributed by atoms with van der Waals surface area (Å²) in [6.07, 6.45) is 9.71. The predicted molar refractivity (Wildman–Crippen MR) is 58.1 cm³/mol. The summed E-state index contributed by atoms with van der Waals surface area (Å²) < 4.78 is 0. The monoisotopic (exact) mass is 200 g/mol. The molecule has 1 aliphatic carbocycles. The van der Waals surface area contributed by atoms with Gasteiger partial charge in [-0.25, -0.2) is 0 Å². The van der Waals surface area contributed by atoms with Crippen LogP contribution in [-0.4, -0.2) is 21.7 Å². The third kappa shape index (κ3) is 2.63. The maximum absolute atomic E-state index is 10.1. The standard InChI is InChI=1S/C11H20OS/c12-11(6-1-2-7-11)8-5-10-4-3-9-13-10/h10,12H,1-9H2. The largest absolute Gasteiger partial charge is 0.390 e. The average Bonchev–Trinajstić information content (AvgIpc) is 2.72. The van der Waals surface area contributed by atoms with Crippen molar-refractivity contribution in [2.45, 2.75) is 62.2 Å². The Hall–Kier alpha value is 0.310. The SMILES string of the molecule is OC1(CCC2CCCS2)CCCC1. The molecule has 0 aromatic rings. The molecule has 1 saturated carbocycles. The molecule has 2 fully saturated rings. The van der Waals surface area contributed by atoms with Crippen LogP contribution in [0.1, 0.15) is 51.4 Å². The van der Waals surface area contributed by atoms with E-state index < -0.39 is 0 Å². The predicted octanol–water partition coefficient (Wildman–Crippen LogP) is 2.97. The lowest BCUT2D eigenvalue weighted by molar-refractivity contribution is 0.0367. The zero-order valence-electron chi connectivity index (χ0n) is 8.30. The summed E-state index contributed by atoms with van der Waals surface area (Å²) in [5.74, 6) is 1.35. The van der Waals surface area contributed by atoms with Crippen molar-refractivity contribution < 1.29 is 5.11 Å². The molecule has 1 saturated heterocycles. The molecule has 2 rings (SSSR count). The van der Waals surface area contributed by atoms with Gasteiger partial charge in [-0.15, -0.1) is 0 Å². The van der Waals surface area contributed by atoms with Crippen molar-refractivity contribution >= 4 is 11.8 Å². The van der Waals surface area contributed by atoms with Gasteiger partial charge in [-0.05, 0) is 44.3 Å². The number of aliphatic hydroxyl groups is 1. The van der Waals surface area contributed by atoms with Crippen molar-refractivity contribution in [3.05, 3.63) is 0 Å². The maximum atomic E-state index is 10.1. The van der Waals surface area contributed by atoms with Crippen LogP contribution in [0.15, 0.2) is 0 Å². The van der Waals surface area contributed by atoms with Crippen LogP contribution < -0.4 is 0 Å². The highest BCUT2D eigenvalue weighted by Crippen LogP contribution is 2.37. The highest BCUT2D eigenvalue weighted by Gasteiger charge is 2.31. The number of hydrogen-bond acceptors (Lipinski definition) is 2. The summed E-state index contributed by atoms with van der Waals surface area (Å²) in [7, 11) is 0. The van der Waals surface area contributed by atoms with Crippen molar-refractivity contribution in [1.82, 2.24) is 0 Å². The van der Waals surface area contributed by atoms with E-state index in [9.17, 15) is 5.11 Å². The van der Waals surface area contributed by atoms with E-state index in [-0.39, 0.29) is 5.60 Å². The van der Waals surface area contributed by atoms with Gasteiger partial charge in [-0.1, -0.05) is 12.8 Å². The van der Waals surface area contributed by atoms with Crippen LogP contribution in [-0.2, 0) is 0 Å². The van der Waals surface area contributed by atoms with E-state index in [1.54, 1.807) is 0 Å². The zero-order valence-corrected chi connectivity index (χ0v) is 9.11. The van der Waals surface area contributed by atoms with Crippen LogP contribution in [0.25, 0.3) is 0 Å². The molecule has 76 valence electrons. The van der Waals surface area contributed by atoms with E-state index in [1.165, 1.54) is 37.9 Å². The maximum Gasteiger partial charge on any atom is 0.0648 e. The fourth-order valence-electron chi connectivity index (χ4n) is 2.58. The molecule has 2 heteroatoms. The van der Waals surface area contributed by atoms with E-state index in [2.05, 4.69) is 11.8 Å². The van der Waals surface area contributed by atoms with Crippen molar-refractivity contribution in [3.8, 4) is 0 Å². The van der Waals surface area contributed by atoms with Gasteiger partial charge in [0, 0.05) is 5.25 Å². The lowest BCUT2D eigenvalue weighted by atomic mass is 9.94. The third-order valence-electron chi connectivity index (χ3n) is 3.49. The van der Waals surface area contributed by atoms with Gasteiger partial charge in [0.1, 0.15) is 0 Å². The molecule has 0 radical (unpaired) electrons. The van der Waals surface area contributed by atoms with Gasteiger partial charge >= 0.3 is 0 Å². The van der Waals surface area contributed by atoms with Crippen molar-refractivity contribution in [2.75, 3.05) is 5.75 Å². The lowest BCUT2D eigenvalue weighted by Crippen LogP contribution is -2.24. The molecule has 0 aromatic heterocycles. The summed E-state index contributed by atoms with van der Waals surface area (Å²) in [4.78, 5) is 0. The van der Waals surface area contributed by atoms with Gasteiger partial charge in [-0.3, -0.25) is 0 Å². The minimum atomic E-state index is -0.261. The number of thioether (sulfide) groups is 1. The fourth-order valence-corrected chi connectivity index (χ4v) is 3.87. The van der Waals surface area contributed by atoms with E-state index in [4.69, 9.17) is 0 Å². The Morgan fingerprint density at radius 2 is 2.00 bits per heavy atom. The highest BCUT2D eigenvalue weighted by atomic mass is 32.2. The summed E-state index contributed by atoms with van der Waals surface area (Å²) >= 11 is 2.11. The van der Waals surface area contributed by atoms with Gasteiger partial charge in [0.2, 0.25) is 0 Å². The van der Waals surface area contributed by atoms with Gasteiger partial charge in [-0.2, -0.15) is 11.8 Å². The zero-order chi connectivity index (χ0) is 9.15. The molecule has 1 unspecified atom stereocenters. The molecule has 0 amide bonds. The Kier molecular flexibility index (Phi) is 3.20. The second-order valence-electron chi connectivity index (χ2n) is 4.61. The summed E-state index contributed by atoms with van der Waals surface area (Å²) in [6, 6.07) is 0. The topological polar surface area (TPSA) is 20.2 Å². The lowest BCUT2D eigenvalue weighted by Gasteiger charge is -2.23. The van der Waals surface area contributed by atoms with Gasteiger partial charge in [0.25, 0.3) is 0 Å². The van der Waals surface area contributed by atoms with Crippen molar-refractivity contribution in [3.63, 3.8) is 0 Å². The second kappa shape index (κ2) is 4.22. The quantitative estimate of drug-likeness (QED) is 0.756. The van der Waals surface area contributed by atoms with Crippen molar-refractivity contribution in [2.24, 2.45) is 0 Å². The minimum Gasteiger partial charge on any atom is -0.390 e.